The summed E-state index contributed by atoms with van der Waals surface area (Å²) in [7, 11) is 1.99. The van der Waals surface area contributed by atoms with Crippen molar-refractivity contribution >= 4 is 39.4 Å². The summed E-state index contributed by atoms with van der Waals surface area (Å²) < 4.78 is 0. The largest absolute Gasteiger partial charge is 0.353 e. The predicted octanol–water partition coefficient (Wildman–Crippen LogP) is 3.12. The predicted molar refractivity (Wildman–Crippen MR) is 116 cm³/mol. The number of H-pyrrole nitrogens is 1. The number of anilines is 1. The first kappa shape index (κ1) is 18.3. The van der Waals surface area contributed by atoms with Gasteiger partial charge in [0, 0.05) is 42.8 Å². The lowest BCUT2D eigenvalue weighted by Crippen LogP contribution is -2.57. The third kappa shape index (κ3) is 3.20. The number of hydrogen-bond donors (Lipinski definition) is 2. The van der Waals surface area contributed by atoms with Gasteiger partial charge in [0.25, 0.3) is 0 Å². The van der Waals surface area contributed by atoms with Gasteiger partial charge in [-0.05, 0) is 25.1 Å². The lowest BCUT2D eigenvalue weighted by molar-refractivity contribution is 0.448. The molecule has 29 heavy (non-hydrogen) atoms. The highest BCUT2D eigenvalue weighted by Gasteiger charge is 2.30. The highest BCUT2D eigenvalue weighted by atomic mass is 35.5. The first-order valence-corrected chi connectivity index (χ1v) is 10.2. The number of rotatable bonds is 5. The van der Waals surface area contributed by atoms with Gasteiger partial charge in [-0.15, -0.1) is 0 Å². The second kappa shape index (κ2) is 7.24. The fraction of sp³-hybridized carbons (Fsp3) is 0.333. The summed E-state index contributed by atoms with van der Waals surface area (Å²) in [5.41, 5.74) is 3.85. The van der Waals surface area contributed by atoms with Crippen molar-refractivity contribution in [3.05, 3.63) is 52.8 Å². The van der Waals surface area contributed by atoms with Gasteiger partial charge < -0.3 is 15.2 Å². The molecule has 5 rings (SSSR count). The van der Waals surface area contributed by atoms with Crippen molar-refractivity contribution < 1.29 is 0 Å². The van der Waals surface area contributed by atoms with Gasteiger partial charge in [0.1, 0.15) is 23.6 Å². The molecule has 1 aliphatic rings. The molecule has 1 aliphatic heterocycles. The van der Waals surface area contributed by atoms with Gasteiger partial charge >= 0.3 is 0 Å². The molecule has 2 N–H and O–H groups in total. The summed E-state index contributed by atoms with van der Waals surface area (Å²) in [6.45, 7) is 3.91. The summed E-state index contributed by atoms with van der Waals surface area (Å²) in [6.07, 6.45) is 4.85. The number of aromatic amines is 1. The lowest BCUT2D eigenvalue weighted by Gasteiger charge is -2.40. The zero-order valence-corrected chi connectivity index (χ0v) is 17.2. The molecule has 0 spiro atoms. The molecule has 4 aromatic rings. The van der Waals surface area contributed by atoms with E-state index in [2.05, 4.69) is 44.2 Å². The standard InChI is InChI=1S/C21H22ClN7/c1-3-15-19(22)18-20(26-15)27-17(28-21(18)29-9-14(10-29)23-2)7-12-4-5-13-8-24-11-25-16(13)6-12/h4-6,8,11,14,23H,3,7,9-10H2,1-2H3,(H,26,27,28). The van der Waals surface area contributed by atoms with E-state index >= 15 is 0 Å². The van der Waals surface area contributed by atoms with Crippen LogP contribution in [0.3, 0.4) is 0 Å². The normalized spacial score (nSPS) is 14.7. The smallest absolute Gasteiger partial charge is 0.144 e. The zero-order valence-electron chi connectivity index (χ0n) is 16.4. The first-order chi connectivity index (χ1) is 14.2. The van der Waals surface area contributed by atoms with Gasteiger partial charge in [0.05, 0.1) is 15.9 Å². The Morgan fingerprint density at radius 2 is 2.14 bits per heavy atom. The van der Waals surface area contributed by atoms with Crippen LogP contribution in [-0.2, 0) is 12.8 Å². The highest BCUT2D eigenvalue weighted by molar-refractivity contribution is 6.37. The van der Waals surface area contributed by atoms with Gasteiger partial charge in [-0.25, -0.2) is 19.9 Å². The first-order valence-electron chi connectivity index (χ1n) is 9.84. The molecule has 0 saturated carbocycles. The number of fused-ring (bicyclic) bond motifs is 2. The minimum absolute atomic E-state index is 0.479. The van der Waals surface area contributed by atoms with Crippen molar-refractivity contribution in [3.63, 3.8) is 0 Å². The number of aromatic nitrogens is 5. The van der Waals surface area contributed by atoms with E-state index in [-0.39, 0.29) is 0 Å². The molecule has 0 atom stereocenters. The van der Waals surface area contributed by atoms with Crippen LogP contribution >= 0.6 is 11.6 Å². The van der Waals surface area contributed by atoms with Gasteiger partial charge in [0.15, 0.2) is 0 Å². The van der Waals surface area contributed by atoms with Gasteiger partial charge in [0.2, 0.25) is 0 Å². The number of nitrogens with zero attached hydrogens (tertiary/aromatic N) is 5. The van der Waals surface area contributed by atoms with Crippen LogP contribution in [0, 0.1) is 0 Å². The minimum Gasteiger partial charge on any atom is -0.353 e. The van der Waals surface area contributed by atoms with E-state index in [1.165, 1.54) is 0 Å². The quantitative estimate of drug-likeness (QED) is 0.529. The third-order valence-corrected chi connectivity index (χ3v) is 5.98. The number of aryl methyl sites for hydroxylation is 1. The van der Waals surface area contributed by atoms with E-state index in [9.17, 15) is 0 Å². The summed E-state index contributed by atoms with van der Waals surface area (Å²) in [5, 5.41) is 6.00. The van der Waals surface area contributed by atoms with Crippen LogP contribution in [0.15, 0.2) is 30.7 Å². The van der Waals surface area contributed by atoms with Crippen molar-refractivity contribution in [2.24, 2.45) is 0 Å². The Labute approximate surface area is 173 Å². The van der Waals surface area contributed by atoms with Crippen LogP contribution in [0.2, 0.25) is 5.02 Å². The molecule has 0 unspecified atom stereocenters. The van der Waals surface area contributed by atoms with Crippen LogP contribution in [0.5, 0.6) is 0 Å². The topological polar surface area (TPSA) is 82.6 Å². The lowest BCUT2D eigenvalue weighted by atomic mass is 10.1. The molecule has 0 bridgehead atoms. The summed E-state index contributed by atoms with van der Waals surface area (Å²) >= 11 is 6.67. The molecule has 148 valence electrons. The summed E-state index contributed by atoms with van der Waals surface area (Å²) in [5.74, 6) is 1.69. The number of benzene rings is 1. The van der Waals surface area contributed by atoms with E-state index in [0.717, 1.165) is 69.4 Å². The molecular formula is C21H22ClN7. The van der Waals surface area contributed by atoms with Crippen molar-refractivity contribution in [1.29, 1.82) is 0 Å². The van der Waals surface area contributed by atoms with E-state index in [1.807, 2.05) is 19.3 Å². The Hall–Kier alpha value is -2.77. The fourth-order valence-corrected chi connectivity index (χ4v) is 4.19. The fourth-order valence-electron chi connectivity index (χ4n) is 3.83. The SMILES string of the molecule is CCc1[nH]c2nc(Cc3ccc4cncnc4c3)nc(N3CC(NC)C3)c2c1Cl. The maximum atomic E-state index is 6.67. The van der Waals surface area contributed by atoms with E-state index < -0.39 is 0 Å². The molecule has 0 aliphatic carbocycles. The molecule has 1 saturated heterocycles. The molecule has 4 heterocycles. The second-order valence-corrected chi connectivity index (χ2v) is 7.82. The summed E-state index contributed by atoms with van der Waals surface area (Å²) in [4.78, 5) is 23.8. The average molecular weight is 408 g/mol. The zero-order chi connectivity index (χ0) is 20.0. The number of likely N-dealkylation sites (N-methyl/N-ethyl adjacent to an activating group) is 1. The minimum atomic E-state index is 0.479. The molecule has 0 amide bonds. The molecular weight excluding hydrogens is 386 g/mol. The van der Waals surface area contributed by atoms with Crippen LogP contribution in [0.4, 0.5) is 5.82 Å². The Morgan fingerprint density at radius 3 is 2.93 bits per heavy atom. The Morgan fingerprint density at radius 1 is 1.28 bits per heavy atom. The Bertz CT molecular complexity index is 1200. The summed E-state index contributed by atoms with van der Waals surface area (Å²) in [6, 6.07) is 6.67. The van der Waals surface area contributed by atoms with Gasteiger partial charge in [-0.1, -0.05) is 30.7 Å². The van der Waals surface area contributed by atoms with E-state index in [4.69, 9.17) is 21.6 Å². The van der Waals surface area contributed by atoms with E-state index in [1.54, 1.807) is 6.33 Å². The number of hydrogen-bond acceptors (Lipinski definition) is 6. The molecule has 1 fully saturated rings. The third-order valence-electron chi connectivity index (χ3n) is 5.57. The number of nitrogens with one attached hydrogen (secondary N) is 2. The molecule has 0 radical (unpaired) electrons. The monoisotopic (exact) mass is 407 g/mol. The Kier molecular flexibility index (Phi) is 4.56. The van der Waals surface area contributed by atoms with Crippen molar-refractivity contribution in [3.8, 4) is 0 Å². The molecule has 7 nitrogen and oxygen atoms in total. The maximum absolute atomic E-state index is 6.67. The van der Waals surface area contributed by atoms with Crippen molar-refractivity contribution in [2.45, 2.75) is 25.8 Å². The van der Waals surface area contributed by atoms with Crippen LogP contribution in [0.25, 0.3) is 21.9 Å². The van der Waals surface area contributed by atoms with Gasteiger partial charge in [-0.3, -0.25) is 0 Å². The van der Waals surface area contributed by atoms with Crippen LogP contribution in [0.1, 0.15) is 24.0 Å². The maximum Gasteiger partial charge on any atom is 0.144 e. The van der Waals surface area contributed by atoms with Crippen molar-refractivity contribution in [1.82, 2.24) is 30.2 Å². The molecule has 3 aromatic heterocycles. The Balaban J connectivity index is 1.56. The highest BCUT2D eigenvalue weighted by Crippen LogP contribution is 2.35. The molecule has 1 aromatic carbocycles. The second-order valence-electron chi connectivity index (χ2n) is 7.44. The van der Waals surface area contributed by atoms with Crippen molar-refractivity contribution in [2.75, 3.05) is 25.0 Å². The number of halogens is 1. The van der Waals surface area contributed by atoms with Crippen LogP contribution in [-0.4, -0.2) is 51.1 Å². The molecule has 8 heteroatoms. The van der Waals surface area contributed by atoms with Gasteiger partial charge in [-0.2, -0.15) is 0 Å². The van der Waals surface area contributed by atoms with E-state index in [0.29, 0.717) is 12.5 Å². The van der Waals surface area contributed by atoms with Crippen LogP contribution < -0.4 is 10.2 Å². The average Bonchev–Trinajstić information content (AvgIpc) is 3.03.